The van der Waals surface area contributed by atoms with E-state index < -0.39 is 5.97 Å². The molecule has 0 fully saturated rings. The molecule has 0 saturated heterocycles. The van der Waals surface area contributed by atoms with Gasteiger partial charge in [-0.2, -0.15) is 0 Å². The standard InChI is InChI=1S/C15H13BrN2O3/c16-12-6-4-10(15(20)21)9-13(12)18-14(19)7-5-11-3-1-2-8-17-11/h1-4,6,8-9H,5,7H2,(H,18,19)(H,20,21). The third-order valence-electron chi connectivity index (χ3n) is 2.82. The molecule has 0 aliphatic rings. The van der Waals surface area contributed by atoms with Crippen LogP contribution in [0.1, 0.15) is 22.5 Å². The fourth-order valence-corrected chi connectivity index (χ4v) is 2.10. The van der Waals surface area contributed by atoms with Gasteiger partial charge in [-0.3, -0.25) is 9.78 Å². The SMILES string of the molecule is O=C(CCc1ccccn1)Nc1cc(C(=O)O)ccc1Br. The van der Waals surface area contributed by atoms with Crippen LogP contribution in [0.3, 0.4) is 0 Å². The van der Waals surface area contributed by atoms with Crippen LogP contribution >= 0.6 is 15.9 Å². The monoisotopic (exact) mass is 348 g/mol. The number of aromatic nitrogens is 1. The van der Waals surface area contributed by atoms with E-state index >= 15 is 0 Å². The summed E-state index contributed by atoms with van der Waals surface area (Å²) in [4.78, 5) is 27.0. The van der Waals surface area contributed by atoms with Crippen molar-refractivity contribution in [2.24, 2.45) is 0 Å². The van der Waals surface area contributed by atoms with Crippen LogP contribution in [0, 0.1) is 0 Å². The van der Waals surface area contributed by atoms with Crippen LogP contribution in [0.4, 0.5) is 5.69 Å². The zero-order valence-electron chi connectivity index (χ0n) is 11.0. The first-order chi connectivity index (χ1) is 10.1. The van der Waals surface area contributed by atoms with E-state index in [9.17, 15) is 9.59 Å². The molecular weight excluding hydrogens is 336 g/mol. The fraction of sp³-hybridized carbons (Fsp3) is 0.133. The summed E-state index contributed by atoms with van der Waals surface area (Å²) in [6.07, 6.45) is 2.49. The van der Waals surface area contributed by atoms with Gasteiger partial charge in [0.15, 0.2) is 0 Å². The number of anilines is 1. The molecule has 108 valence electrons. The lowest BCUT2D eigenvalue weighted by atomic mass is 10.2. The second-order valence-corrected chi connectivity index (χ2v) is 5.22. The molecule has 21 heavy (non-hydrogen) atoms. The number of carbonyl (C=O) groups is 2. The van der Waals surface area contributed by atoms with Gasteiger partial charge in [0.1, 0.15) is 0 Å². The fourth-order valence-electron chi connectivity index (χ4n) is 1.75. The number of pyridine rings is 1. The highest BCUT2D eigenvalue weighted by Crippen LogP contribution is 2.24. The van der Waals surface area contributed by atoms with Crippen molar-refractivity contribution in [3.63, 3.8) is 0 Å². The molecule has 1 aromatic heterocycles. The van der Waals surface area contributed by atoms with Crippen LogP contribution < -0.4 is 5.32 Å². The van der Waals surface area contributed by atoms with Gasteiger partial charge in [-0.1, -0.05) is 6.07 Å². The first-order valence-corrected chi connectivity index (χ1v) is 7.08. The van der Waals surface area contributed by atoms with E-state index in [0.717, 1.165) is 5.69 Å². The van der Waals surface area contributed by atoms with Crippen LogP contribution in [0.2, 0.25) is 0 Å². The van der Waals surface area contributed by atoms with Gasteiger partial charge >= 0.3 is 5.97 Å². The highest BCUT2D eigenvalue weighted by molar-refractivity contribution is 9.10. The molecule has 0 atom stereocenters. The summed E-state index contributed by atoms with van der Waals surface area (Å²) in [7, 11) is 0. The quantitative estimate of drug-likeness (QED) is 0.869. The number of hydrogen-bond donors (Lipinski definition) is 2. The van der Waals surface area contributed by atoms with Gasteiger partial charge < -0.3 is 10.4 Å². The number of carbonyl (C=O) groups excluding carboxylic acids is 1. The van der Waals surface area contributed by atoms with Gasteiger partial charge in [0.05, 0.1) is 11.3 Å². The van der Waals surface area contributed by atoms with Gasteiger partial charge in [-0.15, -0.1) is 0 Å². The van der Waals surface area contributed by atoms with Crippen molar-refractivity contribution in [3.05, 3.63) is 58.3 Å². The minimum absolute atomic E-state index is 0.123. The van der Waals surface area contributed by atoms with E-state index in [1.807, 2.05) is 18.2 Å². The molecule has 0 saturated carbocycles. The van der Waals surface area contributed by atoms with E-state index in [1.54, 1.807) is 12.3 Å². The van der Waals surface area contributed by atoms with Crippen LogP contribution in [0.5, 0.6) is 0 Å². The zero-order valence-corrected chi connectivity index (χ0v) is 12.6. The average Bonchev–Trinajstić information content (AvgIpc) is 2.48. The predicted molar refractivity (Wildman–Crippen MR) is 82.3 cm³/mol. The van der Waals surface area contributed by atoms with Crippen molar-refractivity contribution in [2.75, 3.05) is 5.32 Å². The molecule has 2 rings (SSSR count). The predicted octanol–water partition coefficient (Wildman–Crippen LogP) is 3.11. The van der Waals surface area contributed by atoms with E-state index in [2.05, 4.69) is 26.2 Å². The Hall–Kier alpha value is -2.21. The zero-order chi connectivity index (χ0) is 15.2. The summed E-state index contributed by atoms with van der Waals surface area (Å²) in [6.45, 7) is 0. The Morgan fingerprint density at radius 3 is 2.71 bits per heavy atom. The third-order valence-corrected chi connectivity index (χ3v) is 3.51. The van der Waals surface area contributed by atoms with Gasteiger partial charge in [0.2, 0.25) is 5.91 Å². The van der Waals surface area contributed by atoms with Gasteiger partial charge in [-0.05, 0) is 52.7 Å². The Morgan fingerprint density at radius 2 is 2.05 bits per heavy atom. The number of nitrogens with one attached hydrogen (secondary N) is 1. The number of amides is 1. The molecule has 5 nitrogen and oxygen atoms in total. The highest BCUT2D eigenvalue weighted by Gasteiger charge is 2.10. The molecular formula is C15H13BrN2O3. The van der Waals surface area contributed by atoms with Crippen molar-refractivity contribution in [3.8, 4) is 0 Å². The first-order valence-electron chi connectivity index (χ1n) is 6.29. The van der Waals surface area contributed by atoms with E-state index in [0.29, 0.717) is 16.6 Å². The van der Waals surface area contributed by atoms with Crippen molar-refractivity contribution < 1.29 is 14.7 Å². The lowest BCUT2D eigenvalue weighted by Crippen LogP contribution is -2.13. The van der Waals surface area contributed by atoms with E-state index in [-0.39, 0.29) is 17.9 Å². The van der Waals surface area contributed by atoms with Gasteiger partial charge in [0, 0.05) is 22.8 Å². The van der Waals surface area contributed by atoms with E-state index in [4.69, 9.17) is 5.11 Å². The molecule has 2 aromatic rings. The number of nitrogens with zero attached hydrogens (tertiary/aromatic N) is 1. The van der Waals surface area contributed by atoms with Crippen molar-refractivity contribution >= 4 is 33.5 Å². The minimum atomic E-state index is -1.04. The lowest BCUT2D eigenvalue weighted by molar-refractivity contribution is -0.116. The number of benzene rings is 1. The molecule has 0 bridgehead atoms. The van der Waals surface area contributed by atoms with Crippen molar-refractivity contribution in [2.45, 2.75) is 12.8 Å². The summed E-state index contributed by atoms with van der Waals surface area (Å²) in [6, 6.07) is 10.0. The summed E-state index contributed by atoms with van der Waals surface area (Å²) >= 11 is 3.28. The van der Waals surface area contributed by atoms with Crippen LogP contribution in [0.25, 0.3) is 0 Å². The number of carboxylic acid groups (broad SMARTS) is 1. The summed E-state index contributed by atoms with van der Waals surface area (Å²) in [5.74, 6) is -1.23. The summed E-state index contributed by atoms with van der Waals surface area (Å²) in [5, 5.41) is 11.6. The molecule has 1 heterocycles. The molecule has 0 aliphatic carbocycles. The molecule has 0 radical (unpaired) electrons. The lowest BCUT2D eigenvalue weighted by Gasteiger charge is -2.08. The number of aryl methyl sites for hydroxylation is 1. The maximum atomic E-state index is 11.9. The Balaban J connectivity index is 1.99. The second-order valence-electron chi connectivity index (χ2n) is 4.37. The normalized spacial score (nSPS) is 10.1. The van der Waals surface area contributed by atoms with Crippen molar-refractivity contribution in [1.82, 2.24) is 4.98 Å². The number of aromatic carboxylic acids is 1. The van der Waals surface area contributed by atoms with Crippen molar-refractivity contribution in [1.29, 1.82) is 0 Å². The summed E-state index contributed by atoms with van der Waals surface area (Å²) < 4.78 is 0.638. The minimum Gasteiger partial charge on any atom is -0.478 e. The maximum absolute atomic E-state index is 11.9. The second kappa shape index (κ2) is 6.99. The molecule has 1 amide bonds. The number of carboxylic acids is 1. The largest absolute Gasteiger partial charge is 0.478 e. The topological polar surface area (TPSA) is 79.3 Å². The number of hydrogen-bond acceptors (Lipinski definition) is 3. The molecule has 6 heteroatoms. The Morgan fingerprint density at radius 1 is 1.24 bits per heavy atom. The van der Waals surface area contributed by atoms with E-state index in [1.165, 1.54) is 12.1 Å². The number of halogens is 1. The number of rotatable bonds is 5. The Bertz CT molecular complexity index is 659. The highest BCUT2D eigenvalue weighted by atomic mass is 79.9. The molecule has 0 unspecified atom stereocenters. The van der Waals surface area contributed by atoms with Gasteiger partial charge in [0.25, 0.3) is 0 Å². The summed E-state index contributed by atoms with van der Waals surface area (Å²) in [5.41, 5.74) is 1.41. The first kappa shape index (κ1) is 15.2. The molecule has 1 aromatic carbocycles. The molecule has 0 aliphatic heterocycles. The smallest absolute Gasteiger partial charge is 0.335 e. The molecule has 2 N–H and O–H groups in total. The van der Waals surface area contributed by atoms with Crippen LogP contribution in [-0.2, 0) is 11.2 Å². The maximum Gasteiger partial charge on any atom is 0.335 e. The van der Waals surface area contributed by atoms with Crippen LogP contribution in [0.15, 0.2) is 47.1 Å². The third kappa shape index (κ3) is 4.39. The van der Waals surface area contributed by atoms with Crippen LogP contribution in [-0.4, -0.2) is 22.0 Å². The molecule has 0 spiro atoms. The van der Waals surface area contributed by atoms with Gasteiger partial charge in [-0.25, -0.2) is 4.79 Å². The Labute approximate surface area is 130 Å². The average molecular weight is 349 g/mol. The Kier molecular flexibility index (Phi) is 5.05.